The Morgan fingerprint density at radius 1 is 0.833 bits per heavy atom. The van der Waals surface area contributed by atoms with Gasteiger partial charge in [-0.05, 0) is 75.4 Å². The van der Waals surface area contributed by atoms with Crippen LogP contribution in [0, 0.1) is 0 Å². The van der Waals surface area contributed by atoms with Gasteiger partial charge in [0, 0.05) is 22.8 Å². The van der Waals surface area contributed by atoms with E-state index in [9.17, 15) is 14.4 Å². The number of hydrogen-bond donors (Lipinski definition) is 2. The molecule has 4 aromatic rings. The molecule has 8 nitrogen and oxygen atoms in total. The van der Waals surface area contributed by atoms with Gasteiger partial charge in [0.25, 0.3) is 11.8 Å². The second-order valence-corrected chi connectivity index (χ2v) is 9.12. The van der Waals surface area contributed by atoms with Gasteiger partial charge in [-0.15, -0.1) is 0 Å². The number of methoxy groups -OCH3 is 1. The third-order valence-electron chi connectivity index (χ3n) is 5.31. The molecule has 3 aromatic carbocycles. The fourth-order valence-electron chi connectivity index (χ4n) is 3.60. The van der Waals surface area contributed by atoms with Crippen LogP contribution in [-0.2, 0) is 4.74 Å². The molecule has 2 N–H and O–H groups in total. The van der Waals surface area contributed by atoms with Crippen LogP contribution in [0.5, 0.6) is 5.75 Å². The number of fused-ring (bicyclic) bond motifs is 1. The van der Waals surface area contributed by atoms with E-state index in [-0.39, 0.29) is 5.91 Å². The fourth-order valence-corrected chi connectivity index (χ4v) is 3.60. The minimum Gasteiger partial charge on any atom is -0.497 e. The summed E-state index contributed by atoms with van der Waals surface area (Å²) in [5.41, 5.74) is 1.55. The van der Waals surface area contributed by atoms with Gasteiger partial charge in [-0.1, -0.05) is 18.2 Å². The molecule has 0 aliphatic rings. The molecule has 0 radical (unpaired) electrons. The van der Waals surface area contributed by atoms with E-state index in [0.29, 0.717) is 33.8 Å². The van der Waals surface area contributed by atoms with Crippen molar-refractivity contribution in [2.75, 3.05) is 17.7 Å². The van der Waals surface area contributed by atoms with Gasteiger partial charge in [0.2, 0.25) is 0 Å². The first-order valence-electron chi connectivity index (χ1n) is 11.3. The quantitative estimate of drug-likeness (QED) is 0.365. The van der Waals surface area contributed by atoms with Crippen molar-refractivity contribution in [3.05, 3.63) is 90.1 Å². The smallest absolute Gasteiger partial charge is 0.418 e. The Morgan fingerprint density at radius 3 is 2.25 bits per heavy atom. The number of rotatable bonds is 5. The zero-order valence-electron chi connectivity index (χ0n) is 20.5. The first-order chi connectivity index (χ1) is 17.1. The number of nitrogens with zero attached hydrogens (tertiary/aromatic N) is 1. The summed E-state index contributed by atoms with van der Waals surface area (Å²) in [7, 11) is 1.55. The monoisotopic (exact) mass is 485 g/mol. The standard InChI is InChI=1S/C28H27N3O5/c1-28(2,3)36-27(34)31-16-15-18-9-12-20(17-24(18)31)29-26(33)22-7-5-6-8-23(22)30-25(32)19-10-13-21(35-4)14-11-19/h5-17H,1-4H3,(H,29,33)(H,30,32). The van der Waals surface area contributed by atoms with E-state index in [0.717, 1.165) is 5.39 Å². The Bertz CT molecular complexity index is 1430. The molecule has 1 aromatic heterocycles. The van der Waals surface area contributed by atoms with Crippen molar-refractivity contribution < 1.29 is 23.9 Å². The number of amides is 2. The Balaban J connectivity index is 1.54. The van der Waals surface area contributed by atoms with Crippen LogP contribution in [0.25, 0.3) is 10.9 Å². The summed E-state index contributed by atoms with van der Waals surface area (Å²) >= 11 is 0. The molecule has 184 valence electrons. The molecule has 0 atom stereocenters. The third kappa shape index (κ3) is 5.55. The Hall–Kier alpha value is -4.59. The molecular formula is C28H27N3O5. The Morgan fingerprint density at radius 2 is 1.56 bits per heavy atom. The van der Waals surface area contributed by atoms with Crippen molar-refractivity contribution in [2.24, 2.45) is 0 Å². The lowest BCUT2D eigenvalue weighted by Gasteiger charge is -2.19. The molecule has 4 rings (SSSR count). The minimum absolute atomic E-state index is 0.294. The van der Waals surface area contributed by atoms with Crippen molar-refractivity contribution in [1.82, 2.24) is 4.57 Å². The minimum atomic E-state index is -0.639. The van der Waals surface area contributed by atoms with Gasteiger partial charge in [-0.25, -0.2) is 4.79 Å². The van der Waals surface area contributed by atoms with E-state index in [1.165, 1.54) is 4.57 Å². The highest BCUT2D eigenvalue weighted by Crippen LogP contribution is 2.24. The number of nitrogens with one attached hydrogen (secondary N) is 2. The van der Waals surface area contributed by atoms with E-state index in [2.05, 4.69) is 10.6 Å². The summed E-state index contributed by atoms with van der Waals surface area (Å²) in [6.07, 6.45) is 1.13. The molecular weight excluding hydrogens is 458 g/mol. The number of carbonyl (C=O) groups is 3. The number of benzene rings is 3. The van der Waals surface area contributed by atoms with Gasteiger partial charge in [0.1, 0.15) is 11.4 Å². The average Bonchev–Trinajstić information content (AvgIpc) is 3.27. The zero-order chi connectivity index (χ0) is 25.9. The van der Waals surface area contributed by atoms with Gasteiger partial charge in [-0.2, -0.15) is 0 Å². The molecule has 0 aliphatic carbocycles. The molecule has 36 heavy (non-hydrogen) atoms. The lowest BCUT2D eigenvalue weighted by molar-refractivity contribution is 0.0544. The molecule has 0 spiro atoms. The zero-order valence-corrected chi connectivity index (χ0v) is 20.5. The van der Waals surface area contributed by atoms with Gasteiger partial charge < -0.3 is 20.1 Å². The van der Waals surface area contributed by atoms with Crippen molar-refractivity contribution >= 4 is 40.2 Å². The van der Waals surface area contributed by atoms with Gasteiger partial charge in [-0.3, -0.25) is 14.2 Å². The number of anilines is 2. The molecule has 0 unspecified atom stereocenters. The predicted molar refractivity (Wildman–Crippen MR) is 139 cm³/mol. The van der Waals surface area contributed by atoms with Gasteiger partial charge in [0.05, 0.1) is 23.9 Å². The summed E-state index contributed by atoms with van der Waals surface area (Å²) in [5.74, 6) is -0.119. The van der Waals surface area contributed by atoms with Crippen LogP contribution in [0.2, 0.25) is 0 Å². The number of hydrogen-bond acceptors (Lipinski definition) is 5. The molecule has 0 aliphatic heterocycles. The van der Waals surface area contributed by atoms with Crippen LogP contribution in [0.1, 0.15) is 41.5 Å². The highest BCUT2D eigenvalue weighted by Gasteiger charge is 2.20. The maximum absolute atomic E-state index is 13.1. The van der Waals surface area contributed by atoms with Crippen LogP contribution in [0.4, 0.5) is 16.2 Å². The molecule has 0 fully saturated rings. The van der Waals surface area contributed by atoms with Gasteiger partial charge >= 0.3 is 6.09 Å². The van der Waals surface area contributed by atoms with Crippen molar-refractivity contribution in [1.29, 1.82) is 0 Å². The van der Waals surface area contributed by atoms with E-state index in [1.807, 2.05) is 6.07 Å². The third-order valence-corrected chi connectivity index (χ3v) is 5.31. The van der Waals surface area contributed by atoms with Gasteiger partial charge in [0.15, 0.2) is 0 Å². The lowest BCUT2D eigenvalue weighted by atomic mass is 10.1. The molecule has 0 bridgehead atoms. The number of ether oxygens (including phenoxy) is 2. The summed E-state index contributed by atoms with van der Waals surface area (Å²) in [5, 5.41) is 6.47. The predicted octanol–water partition coefficient (Wildman–Crippen LogP) is 5.94. The largest absolute Gasteiger partial charge is 0.497 e. The normalized spacial score (nSPS) is 11.1. The maximum atomic E-state index is 13.1. The summed E-state index contributed by atoms with van der Waals surface area (Å²) in [6.45, 7) is 5.40. The van der Waals surface area contributed by atoms with Crippen LogP contribution < -0.4 is 15.4 Å². The van der Waals surface area contributed by atoms with E-state index >= 15 is 0 Å². The van der Waals surface area contributed by atoms with E-state index in [1.54, 1.807) is 101 Å². The number of carbonyl (C=O) groups excluding carboxylic acids is 3. The second kappa shape index (κ2) is 9.95. The SMILES string of the molecule is COc1ccc(C(=O)Nc2ccccc2C(=O)Nc2ccc3ccn(C(=O)OC(C)(C)C)c3c2)cc1. The van der Waals surface area contributed by atoms with E-state index in [4.69, 9.17) is 9.47 Å². The summed E-state index contributed by atoms with van der Waals surface area (Å²) in [6, 6.07) is 20.5. The van der Waals surface area contributed by atoms with Crippen molar-refractivity contribution in [3.8, 4) is 5.75 Å². The van der Waals surface area contributed by atoms with Crippen LogP contribution in [-0.4, -0.2) is 35.2 Å². The number of para-hydroxylation sites is 1. The Labute approximate surface area is 208 Å². The summed E-state index contributed by atoms with van der Waals surface area (Å²) in [4.78, 5) is 38.5. The van der Waals surface area contributed by atoms with Crippen LogP contribution in [0.15, 0.2) is 79.0 Å². The molecule has 8 heteroatoms. The van der Waals surface area contributed by atoms with Crippen molar-refractivity contribution in [3.63, 3.8) is 0 Å². The molecule has 0 saturated heterocycles. The highest BCUT2D eigenvalue weighted by atomic mass is 16.6. The average molecular weight is 486 g/mol. The molecule has 0 saturated carbocycles. The maximum Gasteiger partial charge on any atom is 0.418 e. The first kappa shape index (κ1) is 24.5. The second-order valence-electron chi connectivity index (χ2n) is 9.12. The summed E-state index contributed by atoms with van der Waals surface area (Å²) < 4.78 is 12.0. The number of aromatic nitrogens is 1. The van der Waals surface area contributed by atoms with Crippen LogP contribution >= 0.6 is 0 Å². The molecule has 2 amide bonds. The van der Waals surface area contributed by atoms with E-state index < -0.39 is 17.6 Å². The fraction of sp³-hybridized carbons (Fsp3) is 0.179. The molecule has 1 heterocycles. The van der Waals surface area contributed by atoms with Crippen molar-refractivity contribution in [2.45, 2.75) is 26.4 Å². The highest BCUT2D eigenvalue weighted by molar-refractivity contribution is 6.13. The van der Waals surface area contributed by atoms with Crippen LogP contribution in [0.3, 0.4) is 0 Å². The topological polar surface area (TPSA) is 98.7 Å². The lowest BCUT2D eigenvalue weighted by Crippen LogP contribution is -2.26. The Kier molecular flexibility index (Phi) is 6.78. The first-order valence-corrected chi connectivity index (χ1v) is 11.3.